The highest BCUT2D eigenvalue weighted by Crippen LogP contribution is 2.48. The van der Waals surface area contributed by atoms with Crippen molar-refractivity contribution in [2.75, 3.05) is 7.11 Å². The molecule has 0 saturated carbocycles. The molecule has 2 heterocycles. The van der Waals surface area contributed by atoms with E-state index in [9.17, 15) is 4.79 Å². The predicted molar refractivity (Wildman–Crippen MR) is 96.9 cm³/mol. The number of carbonyl (C=O) groups excluding carboxylic acids is 1. The van der Waals surface area contributed by atoms with Crippen LogP contribution in [0.25, 0.3) is 0 Å². The van der Waals surface area contributed by atoms with Crippen LogP contribution in [0.3, 0.4) is 0 Å². The van der Waals surface area contributed by atoms with E-state index in [1.165, 1.54) is 5.56 Å². The summed E-state index contributed by atoms with van der Waals surface area (Å²) in [6, 6.07) is 8.47. The fourth-order valence-electron chi connectivity index (χ4n) is 4.72. The third-order valence-corrected chi connectivity index (χ3v) is 5.85. The van der Waals surface area contributed by atoms with E-state index in [4.69, 9.17) is 4.74 Å². The van der Waals surface area contributed by atoms with Gasteiger partial charge in [-0.25, -0.2) is 5.43 Å². The molecule has 3 N–H and O–H groups in total. The zero-order chi connectivity index (χ0) is 17.8. The molecule has 0 aromatic heterocycles. The van der Waals surface area contributed by atoms with Gasteiger partial charge in [0, 0.05) is 35.6 Å². The Morgan fingerprint density at radius 1 is 1.12 bits per heavy atom. The Morgan fingerprint density at radius 3 is 2.52 bits per heavy atom. The highest BCUT2D eigenvalue weighted by Gasteiger charge is 2.49. The Balaban J connectivity index is 1.82. The summed E-state index contributed by atoms with van der Waals surface area (Å²) in [6.45, 7) is 6.53. The number of ether oxygens (including phenoxy) is 1. The molecule has 4 rings (SSSR count). The molecule has 134 valence electrons. The van der Waals surface area contributed by atoms with Crippen molar-refractivity contribution in [3.63, 3.8) is 0 Å². The molecule has 1 aliphatic carbocycles. The predicted octanol–water partition coefficient (Wildman–Crippen LogP) is 2.46. The van der Waals surface area contributed by atoms with Crippen LogP contribution in [0.5, 0.6) is 5.75 Å². The molecular formula is C20H27N3O2. The monoisotopic (exact) mass is 341 g/mol. The third kappa shape index (κ3) is 2.75. The van der Waals surface area contributed by atoms with Crippen molar-refractivity contribution in [2.45, 2.75) is 51.7 Å². The Morgan fingerprint density at radius 2 is 1.84 bits per heavy atom. The lowest BCUT2D eigenvalue weighted by molar-refractivity contribution is -0.118. The van der Waals surface area contributed by atoms with Gasteiger partial charge in [-0.05, 0) is 36.5 Å². The second-order valence-electron chi connectivity index (χ2n) is 8.36. The lowest BCUT2D eigenvalue weighted by atomic mass is 9.65. The van der Waals surface area contributed by atoms with Crippen LogP contribution in [0.15, 0.2) is 35.5 Å². The smallest absolute Gasteiger partial charge is 0.161 e. The van der Waals surface area contributed by atoms with Gasteiger partial charge < -0.3 is 10.1 Å². The van der Waals surface area contributed by atoms with Crippen LogP contribution in [0.2, 0.25) is 0 Å². The fraction of sp³-hybridized carbons (Fsp3) is 0.550. The van der Waals surface area contributed by atoms with Crippen molar-refractivity contribution in [3.05, 3.63) is 41.1 Å². The van der Waals surface area contributed by atoms with Gasteiger partial charge in [-0.15, -0.1) is 0 Å². The molecule has 5 nitrogen and oxygen atoms in total. The van der Waals surface area contributed by atoms with Crippen LogP contribution in [-0.2, 0) is 4.79 Å². The van der Waals surface area contributed by atoms with Crippen molar-refractivity contribution in [1.29, 1.82) is 0 Å². The van der Waals surface area contributed by atoms with E-state index < -0.39 is 0 Å². The van der Waals surface area contributed by atoms with Crippen LogP contribution in [0.4, 0.5) is 0 Å². The highest BCUT2D eigenvalue weighted by atomic mass is 16.5. The Labute approximate surface area is 149 Å². The number of hydrazine groups is 1. The Hall–Kier alpha value is -1.85. The minimum atomic E-state index is 0.0118. The van der Waals surface area contributed by atoms with E-state index in [0.29, 0.717) is 6.42 Å². The maximum atomic E-state index is 13.1. The zero-order valence-corrected chi connectivity index (χ0v) is 15.3. The van der Waals surface area contributed by atoms with Gasteiger partial charge in [-0.1, -0.05) is 26.0 Å². The number of carbonyl (C=O) groups is 1. The molecule has 5 heteroatoms. The summed E-state index contributed by atoms with van der Waals surface area (Å²) in [4.78, 5) is 13.1. The van der Waals surface area contributed by atoms with E-state index in [2.05, 4.69) is 49.1 Å². The first-order chi connectivity index (χ1) is 11.9. The maximum absolute atomic E-state index is 13.1. The van der Waals surface area contributed by atoms with Gasteiger partial charge in [-0.2, -0.15) is 0 Å². The Kier molecular flexibility index (Phi) is 3.89. The lowest BCUT2D eigenvalue weighted by Crippen LogP contribution is -2.52. The topological polar surface area (TPSA) is 62.4 Å². The molecule has 0 radical (unpaired) electrons. The first kappa shape index (κ1) is 16.6. The molecule has 1 fully saturated rings. The van der Waals surface area contributed by atoms with Crippen molar-refractivity contribution in [2.24, 2.45) is 11.3 Å². The van der Waals surface area contributed by atoms with E-state index in [0.717, 1.165) is 23.4 Å². The number of methoxy groups -OCH3 is 1. The standard InChI is InChI=1S/C20H27N3O2/c1-11-16-17(12-5-7-13(25-4)8-6-12)18-14(21-19(16)23-22-11)9-20(2,3)10-15(18)24/h5-8,11,16-17,19,21-23H,9-10H2,1-4H3. The average molecular weight is 341 g/mol. The van der Waals surface area contributed by atoms with Crippen LogP contribution in [-0.4, -0.2) is 25.1 Å². The van der Waals surface area contributed by atoms with Gasteiger partial charge >= 0.3 is 0 Å². The molecule has 0 spiro atoms. The second-order valence-corrected chi connectivity index (χ2v) is 8.36. The number of ketones is 1. The van der Waals surface area contributed by atoms with Crippen LogP contribution in [0, 0.1) is 11.3 Å². The SMILES string of the molecule is COc1ccc(C2C3=C(CC(C)(C)CC3=O)NC3NNC(C)C32)cc1. The minimum absolute atomic E-state index is 0.0118. The molecule has 4 unspecified atom stereocenters. The second kappa shape index (κ2) is 5.85. The summed E-state index contributed by atoms with van der Waals surface area (Å²) in [5.74, 6) is 1.53. The van der Waals surface area contributed by atoms with Crippen molar-refractivity contribution < 1.29 is 9.53 Å². The summed E-state index contributed by atoms with van der Waals surface area (Å²) in [7, 11) is 1.68. The number of allylic oxidation sites excluding steroid dienone is 2. The molecule has 4 atom stereocenters. The van der Waals surface area contributed by atoms with E-state index in [1.807, 2.05) is 12.1 Å². The van der Waals surface area contributed by atoms with Gasteiger partial charge in [0.1, 0.15) is 5.75 Å². The summed E-state index contributed by atoms with van der Waals surface area (Å²) in [6.07, 6.45) is 1.68. The summed E-state index contributed by atoms with van der Waals surface area (Å²) in [5.41, 5.74) is 10.0. The minimum Gasteiger partial charge on any atom is -0.497 e. The first-order valence-corrected chi connectivity index (χ1v) is 9.07. The maximum Gasteiger partial charge on any atom is 0.161 e. The molecule has 25 heavy (non-hydrogen) atoms. The third-order valence-electron chi connectivity index (χ3n) is 5.85. The van der Waals surface area contributed by atoms with Gasteiger partial charge in [0.2, 0.25) is 0 Å². The number of Topliss-reactive ketones (excluding diaryl/α,β-unsaturated/α-hetero) is 1. The number of fused-ring (bicyclic) bond motifs is 1. The van der Waals surface area contributed by atoms with Crippen molar-refractivity contribution >= 4 is 5.78 Å². The lowest BCUT2D eigenvalue weighted by Gasteiger charge is -2.44. The largest absolute Gasteiger partial charge is 0.497 e. The number of benzene rings is 1. The normalized spacial score (nSPS) is 33.5. The summed E-state index contributed by atoms with van der Waals surface area (Å²) in [5, 5.41) is 3.62. The number of rotatable bonds is 2. The van der Waals surface area contributed by atoms with E-state index >= 15 is 0 Å². The molecule has 3 aliphatic rings. The van der Waals surface area contributed by atoms with Gasteiger partial charge in [-0.3, -0.25) is 10.2 Å². The molecule has 1 saturated heterocycles. The fourth-order valence-corrected chi connectivity index (χ4v) is 4.72. The van der Waals surface area contributed by atoms with Crippen LogP contribution < -0.4 is 20.9 Å². The van der Waals surface area contributed by atoms with Crippen LogP contribution >= 0.6 is 0 Å². The molecule has 0 amide bonds. The first-order valence-electron chi connectivity index (χ1n) is 9.07. The number of hydrogen-bond donors (Lipinski definition) is 3. The van der Waals surface area contributed by atoms with Crippen molar-refractivity contribution in [3.8, 4) is 5.75 Å². The molecule has 0 bridgehead atoms. The molecule has 1 aromatic carbocycles. The summed E-state index contributed by atoms with van der Waals surface area (Å²) >= 11 is 0. The molecule has 2 aliphatic heterocycles. The van der Waals surface area contributed by atoms with E-state index in [-0.39, 0.29) is 35.2 Å². The highest BCUT2D eigenvalue weighted by molar-refractivity contribution is 5.99. The average Bonchev–Trinajstić information content (AvgIpc) is 2.93. The van der Waals surface area contributed by atoms with Gasteiger partial charge in [0.25, 0.3) is 0 Å². The molecule has 1 aromatic rings. The van der Waals surface area contributed by atoms with Crippen molar-refractivity contribution in [1.82, 2.24) is 16.2 Å². The van der Waals surface area contributed by atoms with Gasteiger partial charge in [0.15, 0.2) is 5.78 Å². The van der Waals surface area contributed by atoms with Gasteiger partial charge in [0.05, 0.1) is 13.3 Å². The number of hydrogen-bond acceptors (Lipinski definition) is 5. The van der Waals surface area contributed by atoms with E-state index in [1.54, 1.807) is 7.11 Å². The Bertz CT molecular complexity index is 723. The number of nitrogens with one attached hydrogen (secondary N) is 3. The molecular weight excluding hydrogens is 314 g/mol. The van der Waals surface area contributed by atoms with Crippen LogP contribution in [0.1, 0.15) is 45.1 Å². The zero-order valence-electron chi connectivity index (χ0n) is 15.3. The quantitative estimate of drug-likeness (QED) is 0.771. The summed E-state index contributed by atoms with van der Waals surface area (Å²) < 4.78 is 5.30.